The van der Waals surface area contributed by atoms with Gasteiger partial charge in [0.1, 0.15) is 0 Å². The minimum absolute atomic E-state index is 0.533. The maximum atomic E-state index is 6.44. The van der Waals surface area contributed by atoms with Gasteiger partial charge < -0.3 is 5.73 Å². The van der Waals surface area contributed by atoms with Gasteiger partial charge in [0.15, 0.2) is 0 Å². The van der Waals surface area contributed by atoms with Crippen molar-refractivity contribution in [3.8, 4) is 0 Å². The largest absolute Gasteiger partial charge is 0.327 e. The van der Waals surface area contributed by atoms with Crippen LogP contribution in [0.3, 0.4) is 0 Å². The maximum absolute atomic E-state index is 6.44. The third-order valence-corrected chi connectivity index (χ3v) is 4.96. The van der Waals surface area contributed by atoms with Crippen molar-refractivity contribution in [2.24, 2.45) is 23.5 Å². The Morgan fingerprint density at radius 3 is 2.00 bits per heavy atom. The van der Waals surface area contributed by atoms with Crippen LogP contribution in [0.4, 0.5) is 0 Å². The van der Waals surface area contributed by atoms with Gasteiger partial charge in [-0.05, 0) is 43.4 Å². The van der Waals surface area contributed by atoms with Gasteiger partial charge in [-0.2, -0.15) is 0 Å². The van der Waals surface area contributed by atoms with Gasteiger partial charge in [0.05, 0.1) is 0 Å². The Hall–Kier alpha value is -0.0400. The van der Waals surface area contributed by atoms with E-state index in [1.165, 1.54) is 57.8 Å². The first-order chi connectivity index (χ1) is 7.31. The van der Waals surface area contributed by atoms with Gasteiger partial charge in [0.25, 0.3) is 0 Å². The number of nitrogens with two attached hydrogens (primary N) is 1. The summed E-state index contributed by atoms with van der Waals surface area (Å²) in [7, 11) is 0. The molecule has 0 radical (unpaired) electrons. The standard InChI is InChI=1S/C14H27N/c1-2-11-7-9-13(10-8-11)14(15)12-5-3-4-6-12/h11-14H,2-10,15H2,1H3. The topological polar surface area (TPSA) is 26.0 Å². The van der Waals surface area contributed by atoms with Gasteiger partial charge in [-0.3, -0.25) is 0 Å². The fourth-order valence-corrected chi connectivity index (χ4v) is 3.71. The zero-order valence-corrected chi connectivity index (χ0v) is 10.3. The summed E-state index contributed by atoms with van der Waals surface area (Å²) in [4.78, 5) is 0. The van der Waals surface area contributed by atoms with Crippen molar-refractivity contribution in [3.05, 3.63) is 0 Å². The average molecular weight is 209 g/mol. The highest BCUT2D eigenvalue weighted by Crippen LogP contribution is 2.37. The van der Waals surface area contributed by atoms with Gasteiger partial charge >= 0.3 is 0 Å². The first-order valence-electron chi connectivity index (χ1n) is 7.06. The zero-order chi connectivity index (χ0) is 10.7. The van der Waals surface area contributed by atoms with Crippen molar-refractivity contribution in [2.75, 3.05) is 0 Å². The molecule has 2 saturated carbocycles. The third-order valence-electron chi connectivity index (χ3n) is 4.96. The normalized spacial score (nSPS) is 35.6. The molecule has 1 heteroatoms. The van der Waals surface area contributed by atoms with E-state index in [0.717, 1.165) is 17.8 Å². The molecule has 1 atom stereocenters. The van der Waals surface area contributed by atoms with E-state index >= 15 is 0 Å². The number of hydrogen-bond donors (Lipinski definition) is 1. The van der Waals surface area contributed by atoms with Crippen LogP contribution < -0.4 is 5.73 Å². The molecule has 0 saturated heterocycles. The Morgan fingerprint density at radius 2 is 1.47 bits per heavy atom. The highest BCUT2D eigenvalue weighted by atomic mass is 14.7. The van der Waals surface area contributed by atoms with E-state index in [-0.39, 0.29) is 0 Å². The molecule has 88 valence electrons. The van der Waals surface area contributed by atoms with Crippen molar-refractivity contribution in [2.45, 2.75) is 70.8 Å². The van der Waals surface area contributed by atoms with Crippen LogP contribution >= 0.6 is 0 Å². The highest BCUT2D eigenvalue weighted by Gasteiger charge is 2.31. The summed E-state index contributed by atoms with van der Waals surface area (Å²) in [6.45, 7) is 2.34. The molecule has 0 aromatic rings. The first-order valence-corrected chi connectivity index (χ1v) is 7.06. The Balaban J connectivity index is 1.78. The minimum atomic E-state index is 0.533. The molecule has 1 nitrogen and oxygen atoms in total. The lowest BCUT2D eigenvalue weighted by atomic mass is 9.74. The SMILES string of the molecule is CCC1CCC(C(N)C2CCCC2)CC1. The van der Waals surface area contributed by atoms with Crippen LogP contribution in [0.1, 0.15) is 64.7 Å². The lowest BCUT2D eigenvalue weighted by molar-refractivity contribution is 0.203. The van der Waals surface area contributed by atoms with Gasteiger partial charge in [0.2, 0.25) is 0 Å². The van der Waals surface area contributed by atoms with Crippen LogP contribution in [0.25, 0.3) is 0 Å². The van der Waals surface area contributed by atoms with Crippen LogP contribution in [0.15, 0.2) is 0 Å². The van der Waals surface area contributed by atoms with Crippen LogP contribution in [-0.2, 0) is 0 Å². The summed E-state index contributed by atoms with van der Waals surface area (Å²) in [6, 6.07) is 0.533. The molecule has 0 bridgehead atoms. The summed E-state index contributed by atoms with van der Waals surface area (Å²) in [5.74, 6) is 2.74. The minimum Gasteiger partial charge on any atom is -0.327 e. The Labute approximate surface area is 94.8 Å². The number of hydrogen-bond acceptors (Lipinski definition) is 1. The first kappa shape index (κ1) is 11.4. The monoisotopic (exact) mass is 209 g/mol. The average Bonchev–Trinajstić information content (AvgIpc) is 2.82. The Morgan fingerprint density at radius 1 is 0.933 bits per heavy atom. The van der Waals surface area contributed by atoms with E-state index in [1.807, 2.05) is 0 Å². The Bertz CT molecular complexity index is 176. The van der Waals surface area contributed by atoms with E-state index in [1.54, 1.807) is 0 Å². The van der Waals surface area contributed by atoms with Gasteiger partial charge in [-0.15, -0.1) is 0 Å². The summed E-state index contributed by atoms with van der Waals surface area (Å²) >= 11 is 0. The maximum Gasteiger partial charge on any atom is 0.00956 e. The molecule has 0 heterocycles. The fourth-order valence-electron chi connectivity index (χ4n) is 3.71. The summed E-state index contributed by atoms with van der Waals surface area (Å²) < 4.78 is 0. The zero-order valence-electron chi connectivity index (χ0n) is 10.3. The molecule has 0 spiro atoms. The van der Waals surface area contributed by atoms with Crippen molar-refractivity contribution >= 4 is 0 Å². The second-order valence-corrected chi connectivity index (χ2v) is 5.81. The predicted octanol–water partition coefficient (Wildman–Crippen LogP) is 3.72. The summed E-state index contributed by atoms with van der Waals surface area (Å²) in [5.41, 5.74) is 6.44. The van der Waals surface area contributed by atoms with Crippen LogP contribution in [0, 0.1) is 17.8 Å². The van der Waals surface area contributed by atoms with Crippen molar-refractivity contribution in [1.29, 1.82) is 0 Å². The molecule has 2 aliphatic rings. The number of rotatable bonds is 3. The molecular weight excluding hydrogens is 182 g/mol. The molecule has 2 rings (SSSR count). The molecule has 0 aromatic heterocycles. The molecule has 2 fully saturated rings. The fraction of sp³-hybridized carbons (Fsp3) is 1.00. The molecular formula is C14H27N. The van der Waals surface area contributed by atoms with Gasteiger partial charge in [-0.25, -0.2) is 0 Å². The quantitative estimate of drug-likeness (QED) is 0.753. The van der Waals surface area contributed by atoms with Crippen molar-refractivity contribution < 1.29 is 0 Å². The Kier molecular flexibility index (Phi) is 4.07. The van der Waals surface area contributed by atoms with Crippen molar-refractivity contribution in [3.63, 3.8) is 0 Å². The molecule has 0 amide bonds. The van der Waals surface area contributed by atoms with E-state index in [2.05, 4.69) is 6.92 Å². The van der Waals surface area contributed by atoms with Crippen LogP contribution in [-0.4, -0.2) is 6.04 Å². The lowest BCUT2D eigenvalue weighted by Gasteiger charge is -2.34. The van der Waals surface area contributed by atoms with E-state index in [0.29, 0.717) is 6.04 Å². The second kappa shape index (κ2) is 5.34. The second-order valence-electron chi connectivity index (χ2n) is 5.81. The van der Waals surface area contributed by atoms with E-state index in [4.69, 9.17) is 5.73 Å². The molecule has 1 unspecified atom stereocenters. The van der Waals surface area contributed by atoms with E-state index < -0.39 is 0 Å². The summed E-state index contributed by atoms with van der Waals surface area (Å²) in [5, 5.41) is 0. The van der Waals surface area contributed by atoms with Crippen LogP contribution in [0.2, 0.25) is 0 Å². The molecule has 2 aliphatic carbocycles. The molecule has 15 heavy (non-hydrogen) atoms. The lowest BCUT2D eigenvalue weighted by Crippen LogP contribution is -2.38. The molecule has 0 aliphatic heterocycles. The van der Waals surface area contributed by atoms with Gasteiger partial charge in [-0.1, -0.05) is 39.0 Å². The van der Waals surface area contributed by atoms with Gasteiger partial charge in [0, 0.05) is 6.04 Å². The third kappa shape index (κ3) is 2.75. The smallest absolute Gasteiger partial charge is 0.00956 e. The highest BCUT2D eigenvalue weighted by molar-refractivity contribution is 4.86. The van der Waals surface area contributed by atoms with E-state index in [9.17, 15) is 0 Å². The summed E-state index contributed by atoms with van der Waals surface area (Å²) in [6.07, 6.45) is 12.8. The molecule has 2 N–H and O–H groups in total. The predicted molar refractivity (Wildman–Crippen MR) is 65.7 cm³/mol. The van der Waals surface area contributed by atoms with Crippen LogP contribution in [0.5, 0.6) is 0 Å². The molecule has 0 aromatic carbocycles. The van der Waals surface area contributed by atoms with Crippen molar-refractivity contribution in [1.82, 2.24) is 0 Å².